The molecule has 0 bridgehead atoms. The van der Waals surface area contributed by atoms with Crippen molar-refractivity contribution in [3.63, 3.8) is 0 Å². The van der Waals surface area contributed by atoms with Crippen LogP contribution in [0.4, 0.5) is 0 Å². The van der Waals surface area contributed by atoms with Gasteiger partial charge in [0.15, 0.2) is 0 Å². The summed E-state index contributed by atoms with van der Waals surface area (Å²) in [6, 6.07) is 2.48. The van der Waals surface area contributed by atoms with Gasteiger partial charge in [-0.3, -0.25) is 5.32 Å². The second kappa shape index (κ2) is 7.25. The maximum atomic E-state index is 9.37. The first-order valence-corrected chi connectivity index (χ1v) is 7.52. The van der Waals surface area contributed by atoms with E-state index in [9.17, 15) is 5.26 Å². The third-order valence-corrected chi connectivity index (χ3v) is 4.88. The van der Waals surface area contributed by atoms with E-state index in [2.05, 4.69) is 25.2 Å². The summed E-state index contributed by atoms with van der Waals surface area (Å²) < 4.78 is 0. The Hall–Kier alpha value is -0.240. The van der Waals surface area contributed by atoms with Crippen LogP contribution in [0.2, 0.25) is 0 Å². The van der Waals surface area contributed by atoms with Crippen molar-refractivity contribution < 1.29 is 5.11 Å². The number of thioether (sulfide) groups is 1. The van der Waals surface area contributed by atoms with Gasteiger partial charge in [-0.2, -0.15) is 17.0 Å². The zero-order valence-electron chi connectivity index (χ0n) is 10.9. The summed E-state index contributed by atoms with van der Waals surface area (Å²) in [6.45, 7) is 5.34. The fraction of sp³-hybridized carbons (Fsp3) is 0.923. The van der Waals surface area contributed by atoms with Gasteiger partial charge in [0.25, 0.3) is 0 Å². The summed E-state index contributed by atoms with van der Waals surface area (Å²) in [5.41, 5.74) is -0.302. The molecule has 3 unspecified atom stereocenters. The van der Waals surface area contributed by atoms with Crippen molar-refractivity contribution in [2.75, 3.05) is 13.2 Å². The average molecular weight is 256 g/mol. The molecular weight excluding hydrogens is 232 g/mol. The summed E-state index contributed by atoms with van der Waals surface area (Å²) in [5, 5.41) is 22.7. The van der Waals surface area contributed by atoms with E-state index < -0.39 is 0 Å². The van der Waals surface area contributed by atoms with Crippen molar-refractivity contribution in [2.45, 2.75) is 62.0 Å². The molecule has 1 rings (SSSR count). The summed E-state index contributed by atoms with van der Waals surface area (Å²) in [6.07, 6.45) is 5.10. The van der Waals surface area contributed by atoms with Gasteiger partial charge >= 0.3 is 0 Å². The highest BCUT2D eigenvalue weighted by Crippen LogP contribution is 2.37. The monoisotopic (exact) mass is 256 g/mol. The largest absolute Gasteiger partial charge is 0.396 e. The molecule has 3 atom stereocenters. The predicted molar refractivity (Wildman–Crippen MR) is 73.0 cm³/mol. The highest BCUT2D eigenvalue weighted by molar-refractivity contribution is 8.00. The predicted octanol–water partition coefficient (Wildman–Crippen LogP) is 2.30. The molecule has 3 nitrogen and oxygen atoms in total. The van der Waals surface area contributed by atoms with Crippen LogP contribution in [-0.2, 0) is 0 Å². The Morgan fingerprint density at radius 3 is 3.00 bits per heavy atom. The number of aliphatic hydroxyl groups excluding tert-OH is 1. The molecular formula is C13H24N2OS. The van der Waals surface area contributed by atoms with Gasteiger partial charge in [-0.05, 0) is 38.6 Å². The number of aliphatic hydroxyl groups is 1. The minimum atomic E-state index is -0.302. The van der Waals surface area contributed by atoms with Crippen LogP contribution in [0.5, 0.6) is 0 Å². The fourth-order valence-electron chi connectivity index (χ4n) is 2.56. The van der Waals surface area contributed by atoms with E-state index in [-0.39, 0.29) is 12.1 Å². The summed E-state index contributed by atoms with van der Waals surface area (Å²) in [7, 11) is 0. The lowest BCUT2D eigenvalue weighted by molar-refractivity contribution is 0.287. The maximum absolute atomic E-state index is 9.37. The van der Waals surface area contributed by atoms with Crippen LogP contribution in [0.25, 0.3) is 0 Å². The van der Waals surface area contributed by atoms with E-state index in [1.165, 1.54) is 6.42 Å². The fourth-order valence-corrected chi connectivity index (χ4v) is 4.14. The molecule has 0 aliphatic heterocycles. The Morgan fingerprint density at radius 1 is 1.65 bits per heavy atom. The molecule has 0 radical (unpaired) electrons. The molecule has 0 amide bonds. The van der Waals surface area contributed by atoms with Crippen molar-refractivity contribution in [1.29, 1.82) is 5.26 Å². The molecule has 0 spiro atoms. The van der Waals surface area contributed by atoms with E-state index >= 15 is 0 Å². The van der Waals surface area contributed by atoms with Crippen LogP contribution in [0, 0.1) is 11.3 Å². The molecule has 0 saturated heterocycles. The minimum absolute atomic E-state index is 0.261. The lowest BCUT2D eigenvalue weighted by atomic mass is 9.82. The first kappa shape index (κ1) is 14.8. The van der Waals surface area contributed by atoms with Gasteiger partial charge in [-0.15, -0.1) is 0 Å². The smallest absolute Gasteiger partial charge is 0.107 e. The number of nitriles is 1. The molecule has 0 aromatic rings. The maximum Gasteiger partial charge on any atom is 0.107 e. The van der Waals surface area contributed by atoms with Gasteiger partial charge in [0.2, 0.25) is 0 Å². The van der Waals surface area contributed by atoms with E-state index in [1.54, 1.807) is 0 Å². The van der Waals surface area contributed by atoms with Crippen molar-refractivity contribution >= 4 is 11.8 Å². The van der Waals surface area contributed by atoms with Crippen LogP contribution in [0.3, 0.4) is 0 Å². The second-order valence-electron chi connectivity index (χ2n) is 4.90. The first-order chi connectivity index (χ1) is 8.15. The van der Waals surface area contributed by atoms with Gasteiger partial charge < -0.3 is 5.11 Å². The third-order valence-electron chi connectivity index (χ3n) is 3.40. The molecule has 1 aliphatic rings. The number of hydrogen-bond donors (Lipinski definition) is 2. The summed E-state index contributed by atoms with van der Waals surface area (Å²) >= 11 is 1.94. The molecule has 1 saturated carbocycles. The van der Waals surface area contributed by atoms with E-state index in [0.29, 0.717) is 10.5 Å². The van der Waals surface area contributed by atoms with Crippen molar-refractivity contribution in [3.05, 3.63) is 0 Å². The molecule has 1 aliphatic carbocycles. The standard InChI is InChI=1S/C13H24N2OS/c1-3-15-13(10-14)7-4-5-12(9-13)17-11(2)6-8-16/h11-12,15-16H,3-9H2,1-2H3. The summed E-state index contributed by atoms with van der Waals surface area (Å²) in [4.78, 5) is 0. The Bertz CT molecular complexity index is 263. The second-order valence-corrected chi connectivity index (χ2v) is 6.65. The van der Waals surface area contributed by atoms with Crippen LogP contribution >= 0.6 is 11.8 Å². The zero-order chi connectivity index (χ0) is 12.7. The number of nitrogens with zero attached hydrogens (tertiary/aromatic N) is 1. The minimum Gasteiger partial charge on any atom is -0.396 e. The Labute approximate surface area is 109 Å². The zero-order valence-corrected chi connectivity index (χ0v) is 11.7. The SMILES string of the molecule is CCNC1(C#N)CCCC(SC(C)CCO)C1. The first-order valence-electron chi connectivity index (χ1n) is 6.58. The molecule has 2 N–H and O–H groups in total. The average Bonchev–Trinajstić information content (AvgIpc) is 2.30. The molecule has 0 aromatic heterocycles. The van der Waals surface area contributed by atoms with Gasteiger partial charge in [0.1, 0.15) is 5.54 Å². The van der Waals surface area contributed by atoms with Gasteiger partial charge in [0, 0.05) is 17.1 Å². The lowest BCUT2D eigenvalue weighted by Crippen LogP contribution is -2.48. The molecule has 17 heavy (non-hydrogen) atoms. The van der Waals surface area contributed by atoms with Crippen LogP contribution in [0.15, 0.2) is 0 Å². The Kier molecular flexibility index (Phi) is 6.32. The number of rotatable bonds is 6. The third kappa shape index (κ3) is 4.50. The van der Waals surface area contributed by atoms with E-state index in [1.807, 2.05) is 11.8 Å². The van der Waals surface area contributed by atoms with Crippen molar-refractivity contribution in [1.82, 2.24) is 5.32 Å². The van der Waals surface area contributed by atoms with Crippen LogP contribution in [0.1, 0.15) is 46.0 Å². The van der Waals surface area contributed by atoms with Crippen LogP contribution < -0.4 is 5.32 Å². The Balaban J connectivity index is 2.50. The highest BCUT2D eigenvalue weighted by Gasteiger charge is 2.36. The topological polar surface area (TPSA) is 56.0 Å². The number of nitrogens with one attached hydrogen (secondary N) is 1. The highest BCUT2D eigenvalue weighted by atomic mass is 32.2. The van der Waals surface area contributed by atoms with E-state index in [4.69, 9.17) is 5.11 Å². The normalized spacial score (nSPS) is 30.8. The molecule has 98 valence electrons. The van der Waals surface area contributed by atoms with Crippen molar-refractivity contribution in [3.8, 4) is 6.07 Å². The molecule has 0 heterocycles. The number of hydrogen-bond acceptors (Lipinski definition) is 4. The quantitative estimate of drug-likeness (QED) is 0.765. The lowest BCUT2D eigenvalue weighted by Gasteiger charge is -2.37. The van der Waals surface area contributed by atoms with Crippen molar-refractivity contribution in [2.24, 2.45) is 0 Å². The summed E-state index contributed by atoms with van der Waals surface area (Å²) in [5.74, 6) is 0. The molecule has 1 fully saturated rings. The van der Waals surface area contributed by atoms with Gasteiger partial charge in [-0.1, -0.05) is 13.8 Å². The van der Waals surface area contributed by atoms with Crippen LogP contribution in [-0.4, -0.2) is 34.3 Å². The van der Waals surface area contributed by atoms with Gasteiger partial charge in [0.05, 0.1) is 6.07 Å². The molecule has 0 aromatic carbocycles. The Morgan fingerprint density at radius 2 is 2.41 bits per heavy atom. The van der Waals surface area contributed by atoms with E-state index in [0.717, 1.165) is 32.2 Å². The molecule has 4 heteroatoms. The van der Waals surface area contributed by atoms with Gasteiger partial charge in [-0.25, -0.2) is 0 Å².